The number of rotatable bonds is 11. The Morgan fingerprint density at radius 1 is 1.13 bits per heavy atom. The Hall–Kier alpha value is -4.85. The molecule has 340 valence electrons. The highest BCUT2D eigenvalue weighted by Crippen LogP contribution is 2.45. The normalized spacial score (nSPS) is 18.5. The van der Waals surface area contributed by atoms with E-state index >= 15 is 8.78 Å². The van der Waals surface area contributed by atoms with Crippen LogP contribution in [-0.4, -0.2) is 84.3 Å². The Morgan fingerprint density at radius 3 is 2.32 bits per heavy atom. The third kappa shape index (κ3) is 11.3. The second kappa shape index (κ2) is 18.3. The van der Waals surface area contributed by atoms with Crippen LogP contribution in [0.2, 0.25) is 5.02 Å². The number of nitrogens with zero attached hydrogens (tertiary/aromatic N) is 5. The summed E-state index contributed by atoms with van der Waals surface area (Å²) in [7, 11) is -0.201. The minimum atomic E-state index is -5.22. The molecule has 0 bridgehead atoms. The summed E-state index contributed by atoms with van der Waals surface area (Å²) in [6, 6.07) is 6.07. The van der Waals surface area contributed by atoms with Crippen LogP contribution in [0.5, 0.6) is 0 Å². The van der Waals surface area contributed by atoms with Gasteiger partial charge in [-0.25, -0.2) is 13.8 Å². The predicted octanol–water partition coefficient (Wildman–Crippen LogP) is 8.12. The van der Waals surface area contributed by atoms with E-state index in [1.807, 2.05) is 0 Å². The molecule has 1 fully saturated rings. The van der Waals surface area contributed by atoms with Crippen molar-refractivity contribution < 1.29 is 57.5 Å². The number of pyridine rings is 1. The molecule has 1 saturated carbocycles. The first-order valence-corrected chi connectivity index (χ1v) is 21.9. The Balaban J connectivity index is 1.79. The number of carbonyl (C=O) groups excluding carboxylic acids is 1. The van der Waals surface area contributed by atoms with E-state index in [4.69, 9.17) is 17.3 Å². The summed E-state index contributed by atoms with van der Waals surface area (Å²) in [6.07, 6.45) is -9.09. The molecule has 1 amide bonds. The van der Waals surface area contributed by atoms with Gasteiger partial charge in [0.25, 0.3) is 5.92 Å². The van der Waals surface area contributed by atoms with Crippen LogP contribution in [0.4, 0.5) is 49.7 Å². The Kier molecular flexibility index (Phi) is 14.3. The summed E-state index contributed by atoms with van der Waals surface area (Å²) >= 11 is 4.75. The van der Waals surface area contributed by atoms with Gasteiger partial charge in [0.1, 0.15) is 52.8 Å². The van der Waals surface area contributed by atoms with Crippen LogP contribution in [0.15, 0.2) is 58.7 Å². The van der Waals surface area contributed by atoms with Crippen molar-refractivity contribution in [2.75, 3.05) is 30.4 Å². The van der Waals surface area contributed by atoms with Crippen LogP contribution in [0.1, 0.15) is 50.2 Å². The molecule has 3 unspecified atom stereocenters. The zero-order valence-corrected chi connectivity index (χ0v) is 36.4. The molecule has 0 saturated heterocycles. The summed E-state index contributed by atoms with van der Waals surface area (Å²) in [4.78, 5) is 22.0. The highest BCUT2D eigenvalue weighted by atomic mass is 35.5. The first-order valence-electron chi connectivity index (χ1n) is 18.5. The minimum Gasteiger partial charge on any atom is -0.593 e. The Labute approximate surface area is 365 Å². The third-order valence-corrected chi connectivity index (χ3v) is 12.7. The van der Waals surface area contributed by atoms with Crippen LogP contribution >= 0.6 is 11.6 Å². The molecule has 63 heavy (non-hydrogen) atoms. The van der Waals surface area contributed by atoms with Gasteiger partial charge in [-0.3, -0.25) is 18.7 Å². The lowest BCUT2D eigenvalue weighted by Crippen LogP contribution is -2.34. The van der Waals surface area contributed by atoms with Gasteiger partial charge in [0.05, 0.1) is 46.1 Å². The van der Waals surface area contributed by atoms with E-state index in [2.05, 4.69) is 32.2 Å². The van der Waals surface area contributed by atoms with E-state index < -0.39 is 118 Å². The molecule has 4 atom stereocenters. The molecule has 10 nitrogen and oxygen atoms in total. The van der Waals surface area contributed by atoms with Gasteiger partial charge in [0.2, 0.25) is 11.7 Å². The number of halogens is 11. The maximum absolute atomic E-state index is 15.1. The smallest absolute Gasteiger partial charge is 0.431 e. The molecule has 1 aliphatic rings. The number of aliphatic imine (C=N–C) groups is 1. The number of aromatic nitrogens is 3. The number of fused-ring (bicyclic) bond motifs is 1. The van der Waals surface area contributed by atoms with Gasteiger partial charge in [0, 0.05) is 46.2 Å². The number of carbonyl (C=O) groups is 1. The highest BCUT2D eigenvalue weighted by Gasteiger charge is 2.52. The number of allylic oxidation sites excluding steroid dienone is 2. The number of anilines is 1. The average Bonchev–Trinajstić information content (AvgIpc) is 3.63. The van der Waals surface area contributed by atoms with Crippen molar-refractivity contribution in [2.24, 2.45) is 16.6 Å². The molecular formula is C40H38ClF10N7O3S2. The summed E-state index contributed by atoms with van der Waals surface area (Å²) in [5.74, 6) is -3.29. The molecule has 2 heterocycles. The molecule has 23 heteroatoms. The Morgan fingerprint density at radius 2 is 1.75 bits per heavy atom. The standard InChI is InChI=1S/C40H38ClF10N7O3S2/c1-20-17-38(44,45)35(30(20)34(52)40(49,50)51)53-18-29(59)55-28(15-21-13-22(42)16-23(43)14-21)32-25(8-7-24(54-32)11-12-37(2,3)62(5)60)26-9-10-27(41)31-33(26)58(19-39(46,47)48)56-36(31)57(4)63(6)61/h7-10,13-14,16,20,28H,15,17-19,52H2,1-6H3,(H,55,59)/t20-,28?,62?,63?/m0/s1. The lowest BCUT2D eigenvalue weighted by molar-refractivity contribution is -0.141. The van der Waals surface area contributed by atoms with Crippen LogP contribution in [-0.2, 0) is 39.9 Å². The number of benzene rings is 2. The molecule has 0 radical (unpaired) electrons. The summed E-state index contributed by atoms with van der Waals surface area (Å²) in [6.45, 7) is 1.31. The Bertz CT molecular complexity index is 2560. The number of alkyl halides is 8. The van der Waals surface area contributed by atoms with E-state index in [1.165, 1.54) is 43.8 Å². The van der Waals surface area contributed by atoms with E-state index in [0.29, 0.717) is 10.7 Å². The van der Waals surface area contributed by atoms with Crippen molar-refractivity contribution in [2.45, 2.75) is 69.2 Å². The SMILES string of the molecule is C[C@H]1CC(F)(F)C(=NCC(=O)NC(Cc2cc(F)cc(F)c2)c2nc(C#CC(C)(C)S(C)=O)ccc2-c2ccc(Cl)c3c(N(C)[S+](C)[O-])nn(CC(F)(F)F)c23)C1=C(N)C(F)(F)F. The van der Waals surface area contributed by atoms with Gasteiger partial charge in [0.15, 0.2) is 0 Å². The number of amides is 1. The zero-order valence-electron chi connectivity index (χ0n) is 34.0. The lowest BCUT2D eigenvalue weighted by Gasteiger charge is -2.23. The van der Waals surface area contributed by atoms with Gasteiger partial charge >= 0.3 is 12.4 Å². The van der Waals surface area contributed by atoms with Gasteiger partial charge in [-0.05, 0) is 68.0 Å². The van der Waals surface area contributed by atoms with Crippen molar-refractivity contribution in [3.05, 3.63) is 87.3 Å². The number of nitrogens with two attached hydrogens (primary N) is 1. The van der Waals surface area contributed by atoms with Gasteiger partial charge in [-0.2, -0.15) is 39.4 Å². The highest BCUT2D eigenvalue weighted by molar-refractivity contribution is 7.92. The fourth-order valence-corrected chi connectivity index (χ4v) is 7.56. The fourth-order valence-electron chi connectivity index (χ4n) is 6.76. The summed E-state index contributed by atoms with van der Waals surface area (Å²) in [5, 5.41) is 6.41. The quantitative estimate of drug-likeness (QED) is 0.0880. The predicted molar refractivity (Wildman–Crippen MR) is 221 cm³/mol. The number of nitrogens with one attached hydrogen (secondary N) is 1. The van der Waals surface area contributed by atoms with Crippen LogP contribution in [0.25, 0.3) is 22.0 Å². The molecular weight excluding hydrogens is 916 g/mol. The van der Waals surface area contributed by atoms with E-state index in [-0.39, 0.29) is 49.8 Å². The fraction of sp³-hybridized carbons (Fsp3) is 0.400. The molecule has 5 rings (SSSR count). The summed E-state index contributed by atoms with van der Waals surface area (Å²) < 4.78 is 168. The van der Waals surface area contributed by atoms with Gasteiger partial charge in [-0.1, -0.05) is 30.5 Å². The first kappa shape index (κ1) is 49.2. The largest absolute Gasteiger partial charge is 0.593 e. The molecule has 2 aromatic heterocycles. The lowest BCUT2D eigenvalue weighted by atomic mass is 9.93. The van der Waals surface area contributed by atoms with Crippen molar-refractivity contribution in [3.8, 4) is 23.0 Å². The monoisotopic (exact) mass is 953 g/mol. The maximum Gasteiger partial charge on any atom is 0.431 e. The third-order valence-electron chi connectivity index (χ3n) is 9.92. The maximum atomic E-state index is 15.1. The van der Waals surface area contributed by atoms with E-state index in [0.717, 1.165) is 23.4 Å². The molecule has 1 aliphatic carbocycles. The average molecular weight is 954 g/mol. The van der Waals surface area contributed by atoms with Crippen LogP contribution in [0.3, 0.4) is 0 Å². The van der Waals surface area contributed by atoms with E-state index in [1.54, 1.807) is 13.8 Å². The van der Waals surface area contributed by atoms with Crippen LogP contribution < -0.4 is 15.4 Å². The number of hydrogen-bond donors (Lipinski definition) is 2. The zero-order chi connectivity index (χ0) is 47.1. The van der Waals surface area contributed by atoms with Crippen molar-refractivity contribution >= 4 is 62.1 Å². The second-order valence-electron chi connectivity index (χ2n) is 15.1. The second-order valence-corrected chi connectivity index (χ2v) is 18.8. The van der Waals surface area contributed by atoms with Crippen molar-refractivity contribution in [1.29, 1.82) is 0 Å². The van der Waals surface area contributed by atoms with Crippen molar-refractivity contribution in [3.63, 3.8) is 0 Å². The molecule has 3 N–H and O–H groups in total. The molecule has 0 aliphatic heterocycles. The topological polar surface area (TPSA) is 142 Å². The van der Waals surface area contributed by atoms with Gasteiger partial charge < -0.3 is 15.6 Å². The minimum absolute atomic E-state index is 0.0523. The molecule has 4 aromatic rings. The number of hydrogen-bond acceptors (Lipinski definition) is 8. The van der Waals surface area contributed by atoms with Crippen LogP contribution in [0, 0.1) is 29.4 Å². The van der Waals surface area contributed by atoms with Crippen molar-refractivity contribution in [1.82, 2.24) is 20.1 Å². The first-order chi connectivity index (χ1) is 29.0. The summed E-state index contributed by atoms with van der Waals surface area (Å²) in [5.41, 5.74) is 0.273. The van der Waals surface area contributed by atoms with Gasteiger partial charge in [-0.15, -0.1) is 5.10 Å². The van der Waals surface area contributed by atoms with E-state index in [9.17, 15) is 48.7 Å². The molecule has 0 spiro atoms. The molecule has 2 aromatic carbocycles.